The minimum Gasteiger partial charge on any atom is -0.463 e. The molecule has 0 aromatic rings. The fourth-order valence-corrected chi connectivity index (χ4v) is 13.7. The molecule has 0 aromatic carbocycles. The third-order valence-corrected chi connectivity index (χ3v) is 18.0. The fraction of sp³-hybridized carbons (Fsp3) is 0.847. The molecule has 5 rings (SSSR count). The molecule has 14 atom stereocenters. The maximum absolute atomic E-state index is 12.7. The van der Waals surface area contributed by atoms with Gasteiger partial charge < -0.3 is 29.5 Å². The zero-order chi connectivity index (χ0) is 47.5. The molecule has 0 amide bonds. The first-order valence-electron chi connectivity index (χ1n) is 28.0. The number of fused-ring (bicyclic) bond motifs is 5. The highest BCUT2D eigenvalue weighted by Gasteiger charge is 2.59. The number of hydrogen-bond donors (Lipinski definition) is 3. The third kappa shape index (κ3) is 15.4. The summed E-state index contributed by atoms with van der Waals surface area (Å²) in [6.07, 6.45) is 41.9. The summed E-state index contributed by atoms with van der Waals surface area (Å²) in [5.41, 5.74) is 2.04. The molecule has 378 valence electrons. The van der Waals surface area contributed by atoms with Gasteiger partial charge in [0, 0.05) is 6.42 Å². The van der Waals surface area contributed by atoms with Crippen molar-refractivity contribution in [3.63, 3.8) is 0 Å². The lowest BCUT2D eigenvalue weighted by molar-refractivity contribution is -0.313. The Balaban J connectivity index is 0.954. The summed E-state index contributed by atoms with van der Waals surface area (Å²) in [5, 5.41) is 32.6. The first kappa shape index (κ1) is 55.2. The summed E-state index contributed by atoms with van der Waals surface area (Å²) in [5.74, 6) is 4.60. The van der Waals surface area contributed by atoms with E-state index in [1.165, 1.54) is 121 Å². The van der Waals surface area contributed by atoms with E-state index in [0.717, 1.165) is 69.1 Å². The van der Waals surface area contributed by atoms with E-state index in [2.05, 4.69) is 91.0 Å². The Morgan fingerprint density at radius 1 is 0.758 bits per heavy atom. The van der Waals surface area contributed by atoms with Crippen molar-refractivity contribution < 1.29 is 34.3 Å². The lowest BCUT2D eigenvalue weighted by atomic mass is 9.47. The van der Waals surface area contributed by atoms with E-state index in [1.54, 1.807) is 0 Å². The zero-order valence-corrected chi connectivity index (χ0v) is 43.3. The molecule has 4 fully saturated rings. The van der Waals surface area contributed by atoms with Gasteiger partial charge in [-0.1, -0.05) is 167 Å². The minimum absolute atomic E-state index is 0.152. The van der Waals surface area contributed by atoms with Gasteiger partial charge in [0.15, 0.2) is 6.29 Å². The molecule has 14 unspecified atom stereocenters. The molecule has 0 radical (unpaired) electrons. The molecule has 4 aliphatic carbocycles. The molecule has 1 saturated heterocycles. The van der Waals surface area contributed by atoms with Crippen LogP contribution in [0.4, 0.5) is 0 Å². The zero-order valence-electron chi connectivity index (χ0n) is 43.3. The second-order valence-electron chi connectivity index (χ2n) is 22.8. The van der Waals surface area contributed by atoms with Crippen LogP contribution in [0, 0.1) is 52.3 Å². The van der Waals surface area contributed by atoms with Crippen molar-refractivity contribution in [2.45, 2.75) is 259 Å². The summed E-state index contributed by atoms with van der Waals surface area (Å²) in [6.45, 7) is 16.7. The van der Waals surface area contributed by atoms with E-state index in [9.17, 15) is 20.1 Å². The lowest BCUT2D eigenvalue weighted by Crippen LogP contribution is -2.60. The van der Waals surface area contributed by atoms with E-state index in [4.69, 9.17) is 14.2 Å². The monoisotopic (exact) mass is 921 g/mol. The topological polar surface area (TPSA) is 105 Å². The van der Waals surface area contributed by atoms with E-state index in [0.29, 0.717) is 35.5 Å². The number of aliphatic hydroxyl groups excluding tert-OH is 3. The second kappa shape index (κ2) is 28.2. The van der Waals surface area contributed by atoms with E-state index < -0.39 is 30.7 Å². The maximum Gasteiger partial charge on any atom is 0.305 e. The highest BCUT2D eigenvalue weighted by Crippen LogP contribution is 2.67. The Morgan fingerprint density at radius 3 is 2.06 bits per heavy atom. The average Bonchev–Trinajstić information content (AvgIpc) is 3.66. The Bertz CT molecular complexity index is 1520. The van der Waals surface area contributed by atoms with Crippen LogP contribution in [0.5, 0.6) is 0 Å². The first-order chi connectivity index (χ1) is 31.8. The van der Waals surface area contributed by atoms with Gasteiger partial charge in [0.05, 0.1) is 6.10 Å². The van der Waals surface area contributed by atoms with Crippen molar-refractivity contribution in [3.05, 3.63) is 48.1 Å². The lowest BCUT2D eigenvalue weighted by Gasteiger charge is -2.58. The fourth-order valence-electron chi connectivity index (χ4n) is 13.7. The van der Waals surface area contributed by atoms with Gasteiger partial charge in [-0.25, -0.2) is 0 Å². The number of allylic oxidation sites excluding steroid dienone is 7. The summed E-state index contributed by atoms with van der Waals surface area (Å²) < 4.78 is 18.1. The number of rotatable bonds is 29. The van der Waals surface area contributed by atoms with Crippen LogP contribution in [-0.2, 0) is 19.0 Å². The molecule has 1 aliphatic heterocycles. The van der Waals surface area contributed by atoms with Crippen LogP contribution in [0.25, 0.3) is 0 Å². The van der Waals surface area contributed by atoms with Crippen LogP contribution in [0.15, 0.2) is 48.1 Å². The van der Waals surface area contributed by atoms with Gasteiger partial charge in [0.25, 0.3) is 0 Å². The van der Waals surface area contributed by atoms with Crippen LogP contribution in [0.1, 0.15) is 222 Å². The molecule has 1 heterocycles. The van der Waals surface area contributed by atoms with Crippen LogP contribution >= 0.6 is 0 Å². The number of carbonyl (C=O) groups excluding carboxylic acids is 1. The summed E-state index contributed by atoms with van der Waals surface area (Å²) in [6, 6.07) is 0. The molecule has 0 aromatic heterocycles. The summed E-state index contributed by atoms with van der Waals surface area (Å²) in [7, 11) is 0. The van der Waals surface area contributed by atoms with E-state index in [1.807, 2.05) is 0 Å². The van der Waals surface area contributed by atoms with Gasteiger partial charge in [0.2, 0.25) is 0 Å². The number of carbonyl (C=O) groups is 1. The normalized spacial score (nSPS) is 34.4. The molecule has 0 spiro atoms. The number of aliphatic hydroxyl groups is 3. The van der Waals surface area contributed by atoms with Gasteiger partial charge in [-0.05, 0) is 149 Å². The number of esters is 1. The minimum atomic E-state index is -1.45. The highest BCUT2D eigenvalue weighted by atomic mass is 16.7. The summed E-state index contributed by atoms with van der Waals surface area (Å²) >= 11 is 0. The molecule has 0 bridgehead atoms. The van der Waals surface area contributed by atoms with Gasteiger partial charge in [-0.3, -0.25) is 4.79 Å². The van der Waals surface area contributed by atoms with Crippen molar-refractivity contribution in [3.8, 4) is 0 Å². The van der Waals surface area contributed by atoms with Crippen LogP contribution in [0.3, 0.4) is 0 Å². The Labute approximate surface area is 404 Å². The molecular formula is C59H100O7. The molecule has 3 N–H and O–H groups in total. The van der Waals surface area contributed by atoms with Crippen molar-refractivity contribution >= 4 is 5.97 Å². The van der Waals surface area contributed by atoms with Crippen LogP contribution in [0.2, 0.25) is 0 Å². The van der Waals surface area contributed by atoms with Crippen LogP contribution in [-0.4, -0.2) is 64.7 Å². The summed E-state index contributed by atoms with van der Waals surface area (Å²) in [4.78, 5) is 12.7. The average molecular weight is 921 g/mol. The van der Waals surface area contributed by atoms with Crippen LogP contribution < -0.4 is 0 Å². The van der Waals surface area contributed by atoms with Crippen molar-refractivity contribution in [2.75, 3.05) is 6.61 Å². The third-order valence-electron chi connectivity index (χ3n) is 18.0. The molecule has 3 saturated carbocycles. The van der Waals surface area contributed by atoms with Crippen molar-refractivity contribution in [2.24, 2.45) is 52.3 Å². The Kier molecular flexibility index (Phi) is 23.5. The van der Waals surface area contributed by atoms with Gasteiger partial charge in [-0.15, -0.1) is 0 Å². The highest BCUT2D eigenvalue weighted by molar-refractivity contribution is 5.69. The second-order valence-corrected chi connectivity index (χ2v) is 22.8. The van der Waals surface area contributed by atoms with Crippen molar-refractivity contribution in [1.82, 2.24) is 0 Å². The SMILES string of the molecule is CCCCCCC/C=C\C/C=C\CCCCCCCCCCCC(=O)OCC1OC(OC2CCC3(C)C(=CCC4C3CCC3(C)C(C(C)/C=C/C(CC)C(C)C)CCC43)C2)C(O)C(O)C1O. The molecule has 7 nitrogen and oxygen atoms in total. The Morgan fingerprint density at radius 2 is 1.41 bits per heavy atom. The predicted molar refractivity (Wildman–Crippen MR) is 272 cm³/mol. The molecule has 7 heteroatoms. The maximum atomic E-state index is 12.7. The number of unbranched alkanes of at least 4 members (excludes halogenated alkanes) is 14. The molecule has 66 heavy (non-hydrogen) atoms. The smallest absolute Gasteiger partial charge is 0.305 e. The molecular weight excluding hydrogens is 821 g/mol. The van der Waals surface area contributed by atoms with Gasteiger partial charge in [0.1, 0.15) is 31.0 Å². The van der Waals surface area contributed by atoms with Gasteiger partial charge in [-0.2, -0.15) is 0 Å². The number of hydrogen-bond acceptors (Lipinski definition) is 7. The van der Waals surface area contributed by atoms with Crippen molar-refractivity contribution in [1.29, 1.82) is 0 Å². The molecule has 5 aliphatic rings. The Hall–Kier alpha value is -1.77. The quantitative estimate of drug-likeness (QED) is 0.0390. The largest absolute Gasteiger partial charge is 0.463 e. The van der Waals surface area contributed by atoms with E-state index in [-0.39, 0.29) is 24.1 Å². The standard InChI is InChI=1S/C59H100O7/c1-8-10-11-12-13-14-15-16-17-18-19-20-21-22-23-24-25-26-27-28-29-30-53(60)64-42-52-54(61)55(62)56(63)57(66-52)65-47-37-39-58(6)46(41-47)33-34-48-50-36-35-49(59(50,7)40-38-51(48)58)44(5)31-32-45(9-2)43(3)4/h15-16,18-19,31-33,43-45,47-52,54-57,61-63H,8-14,17,20-30,34-42H2,1-7H3/b16-15-,19-18-,32-31+. The van der Waals surface area contributed by atoms with Gasteiger partial charge >= 0.3 is 5.97 Å². The van der Waals surface area contributed by atoms with E-state index >= 15 is 0 Å². The predicted octanol–water partition coefficient (Wildman–Crippen LogP) is 14.3. The first-order valence-corrected chi connectivity index (χ1v) is 28.0. The number of ether oxygens (including phenoxy) is 3.